The minimum absolute atomic E-state index is 0.0700. The summed E-state index contributed by atoms with van der Waals surface area (Å²) in [5.41, 5.74) is 0.747. The minimum atomic E-state index is -4.88. The third-order valence-electron chi connectivity index (χ3n) is 3.39. The van der Waals surface area contributed by atoms with E-state index < -0.39 is 12.1 Å². The van der Waals surface area contributed by atoms with Crippen LogP contribution in [0.2, 0.25) is 5.02 Å². The molecule has 1 aromatic carbocycles. The van der Waals surface area contributed by atoms with Gasteiger partial charge in [0.1, 0.15) is 0 Å². The minimum Gasteiger partial charge on any atom is -0.336 e. The van der Waals surface area contributed by atoms with Gasteiger partial charge in [0.2, 0.25) is 5.91 Å². The number of hydrogen-bond acceptors (Lipinski definition) is 2. The number of hydrogen-bond donors (Lipinski definition) is 0. The predicted octanol–water partition coefficient (Wildman–Crippen LogP) is 2.59. The van der Waals surface area contributed by atoms with Crippen LogP contribution in [-0.2, 0) is 9.59 Å². The van der Waals surface area contributed by atoms with Gasteiger partial charge in [0, 0.05) is 37.3 Å². The Kier molecular flexibility index (Phi) is 5.30. The fraction of sp³-hybridized carbons (Fsp3) is 0.333. The molecule has 23 heavy (non-hydrogen) atoms. The molecular weight excluding hydrogens is 333 g/mol. The molecule has 0 aromatic heterocycles. The molecule has 4 nitrogen and oxygen atoms in total. The molecule has 0 aliphatic carbocycles. The van der Waals surface area contributed by atoms with E-state index in [1.54, 1.807) is 30.3 Å². The highest BCUT2D eigenvalue weighted by Crippen LogP contribution is 2.19. The van der Waals surface area contributed by atoms with Crippen molar-refractivity contribution in [3.05, 3.63) is 40.9 Å². The van der Waals surface area contributed by atoms with Crippen molar-refractivity contribution in [1.29, 1.82) is 0 Å². The molecule has 0 bridgehead atoms. The van der Waals surface area contributed by atoms with Crippen molar-refractivity contribution in [2.24, 2.45) is 0 Å². The highest BCUT2D eigenvalue weighted by atomic mass is 35.5. The Morgan fingerprint density at radius 2 is 1.70 bits per heavy atom. The van der Waals surface area contributed by atoms with Crippen molar-refractivity contribution in [3.8, 4) is 0 Å². The maximum atomic E-state index is 12.3. The number of carbonyl (C=O) groups excluding carboxylic acids is 2. The van der Waals surface area contributed by atoms with Gasteiger partial charge in [-0.05, 0) is 23.8 Å². The van der Waals surface area contributed by atoms with Gasteiger partial charge in [-0.15, -0.1) is 0 Å². The first-order chi connectivity index (χ1) is 10.8. The van der Waals surface area contributed by atoms with E-state index >= 15 is 0 Å². The summed E-state index contributed by atoms with van der Waals surface area (Å²) in [4.78, 5) is 25.2. The van der Waals surface area contributed by atoms with Crippen LogP contribution in [0.4, 0.5) is 13.2 Å². The third kappa shape index (κ3) is 4.72. The van der Waals surface area contributed by atoms with Crippen LogP contribution < -0.4 is 0 Å². The summed E-state index contributed by atoms with van der Waals surface area (Å²) >= 11 is 5.83. The predicted molar refractivity (Wildman–Crippen MR) is 79.7 cm³/mol. The van der Waals surface area contributed by atoms with Gasteiger partial charge in [-0.25, -0.2) is 0 Å². The van der Waals surface area contributed by atoms with Crippen LogP contribution in [0.15, 0.2) is 30.3 Å². The lowest BCUT2D eigenvalue weighted by Crippen LogP contribution is -2.53. The highest BCUT2D eigenvalue weighted by Gasteiger charge is 2.43. The average Bonchev–Trinajstić information content (AvgIpc) is 2.51. The Balaban J connectivity index is 1.90. The fourth-order valence-corrected chi connectivity index (χ4v) is 2.39. The van der Waals surface area contributed by atoms with Crippen molar-refractivity contribution >= 4 is 29.5 Å². The normalized spacial score (nSPS) is 16.0. The maximum absolute atomic E-state index is 12.3. The second-order valence-electron chi connectivity index (χ2n) is 5.00. The first kappa shape index (κ1) is 17.3. The van der Waals surface area contributed by atoms with Crippen LogP contribution in [0, 0.1) is 0 Å². The van der Waals surface area contributed by atoms with E-state index in [1.807, 2.05) is 0 Å². The monoisotopic (exact) mass is 346 g/mol. The molecule has 0 N–H and O–H groups in total. The topological polar surface area (TPSA) is 40.6 Å². The molecule has 8 heteroatoms. The Morgan fingerprint density at radius 3 is 2.26 bits per heavy atom. The van der Waals surface area contributed by atoms with E-state index in [0.717, 1.165) is 5.56 Å². The first-order valence-corrected chi connectivity index (χ1v) is 7.24. The zero-order valence-electron chi connectivity index (χ0n) is 12.0. The van der Waals surface area contributed by atoms with Gasteiger partial charge in [0.15, 0.2) is 0 Å². The van der Waals surface area contributed by atoms with Crippen LogP contribution >= 0.6 is 11.6 Å². The Hall–Kier alpha value is -2.02. The van der Waals surface area contributed by atoms with E-state index in [0.29, 0.717) is 9.92 Å². The van der Waals surface area contributed by atoms with E-state index in [-0.39, 0.29) is 32.1 Å². The molecule has 1 heterocycles. The standard InChI is InChI=1S/C15H14ClF3N2O2/c16-12-3-1-2-11(10-12)4-5-13(22)20-6-8-21(9-7-20)14(23)15(17,18)19/h1-5,10H,6-9H2/b5-4+. The van der Waals surface area contributed by atoms with Gasteiger partial charge in [-0.1, -0.05) is 23.7 Å². The molecular formula is C15H14ClF3N2O2. The van der Waals surface area contributed by atoms with Gasteiger partial charge < -0.3 is 9.80 Å². The molecule has 0 unspecified atom stereocenters. The Labute approximate surface area is 136 Å². The number of alkyl halides is 3. The molecule has 0 spiro atoms. The number of benzene rings is 1. The van der Waals surface area contributed by atoms with Crippen LogP contribution in [0.3, 0.4) is 0 Å². The van der Waals surface area contributed by atoms with Crippen molar-refractivity contribution in [1.82, 2.24) is 9.80 Å². The van der Waals surface area contributed by atoms with Crippen molar-refractivity contribution < 1.29 is 22.8 Å². The van der Waals surface area contributed by atoms with E-state index in [1.165, 1.54) is 11.0 Å². The summed E-state index contributed by atoms with van der Waals surface area (Å²) in [6.45, 7) is -0.120. The van der Waals surface area contributed by atoms with Gasteiger partial charge >= 0.3 is 12.1 Å². The molecule has 1 fully saturated rings. The van der Waals surface area contributed by atoms with Gasteiger partial charge in [-0.2, -0.15) is 13.2 Å². The molecule has 0 saturated carbocycles. The lowest BCUT2D eigenvalue weighted by atomic mass is 10.2. The number of halogens is 4. The summed E-state index contributed by atoms with van der Waals surface area (Å²) in [7, 11) is 0. The third-order valence-corrected chi connectivity index (χ3v) is 3.62. The van der Waals surface area contributed by atoms with Crippen LogP contribution in [0.1, 0.15) is 5.56 Å². The lowest BCUT2D eigenvalue weighted by molar-refractivity contribution is -0.187. The molecule has 0 atom stereocenters. The van der Waals surface area contributed by atoms with Crippen molar-refractivity contribution in [2.75, 3.05) is 26.2 Å². The summed E-state index contributed by atoms with van der Waals surface area (Å²) in [6.07, 6.45) is -1.95. The Bertz CT molecular complexity index is 623. The second kappa shape index (κ2) is 7.04. The highest BCUT2D eigenvalue weighted by molar-refractivity contribution is 6.30. The molecule has 1 aliphatic rings. The van der Waals surface area contributed by atoms with E-state index in [2.05, 4.69) is 0 Å². The molecule has 1 aromatic rings. The lowest BCUT2D eigenvalue weighted by Gasteiger charge is -2.34. The zero-order valence-corrected chi connectivity index (χ0v) is 12.8. The van der Waals surface area contributed by atoms with Crippen molar-refractivity contribution in [2.45, 2.75) is 6.18 Å². The number of amides is 2. The molecule has 1 saturated heterocycles. The number of nitrogens with zero attached hydrogens (tertiary/aromatic N) is 2. The van der Waals surface area contributed by atoms with Crippen LogP contribution in [0.5, 0.6) is 0 Å². The number of carbonyl (C=O) groups is 2. The molecule has 124 valence electrons. The quantitative estimate of drug-likeness (QED) is 0.772. The smallest absolute Gasteiger partial charge is 0.336 e. The zero-order chi connectivity index (χ0) is 17.0. The summed E-state index contributed by atoms with van der Waals surface area (Å²) in [5, 5.41) is 0.541. The first-order valence-electron chi connectivity index (χ1n) is 6.86. The summed E-state index contributed by atoms with van der Waals surface area (Å²) in [6, 6.07) is 6.91. The fourth-order valence-electron chi connectivity index (χ4n) is 2.19. The second-order valence-corrected chi connectivity index (χ2v) is 5.44. The largest absolute Gasteiger partial charge is 0.471 e. The molecule has 1 aliphatic heterocycles. The summed E-state index contributed by atoms with van der Waals surface area (Å²) < 4.78 is 37.0. The van der Waals surface area contributed by atoms with E-state index in [4.69, 9.17) is 11.6 Å². The molecule has 0 radical (unpaired) electrons. The average molecular weight is 347 g/mol. The van der Waals surface area contributed by atoms with Gasteiger partial charge in [-0.3, -0.25) is 9.59 Å². The van der Waals surface area contributed by atoms with Crippen LogP contribution in [0.25, 0.3) is 6.08 Å². The maximum Gasteiger partial charge on any atom is 0.471 e. The van der Waals surface area contributed by atoms with Crippen molar-refractivity contribution in [3.63, 3.8) is 0 Å². The van der Waals surface area contributed by atoms with Gasteiger partial charge in [0.05, 0.1) is 0 Å². The number of rotatable bonds is 2. The SMILES string of the molecule is O=C(/C=C/c1cccc(Cl)c1)N1CCN(C(=O)C(F)(F)F)CC1. The number of piperazine rings is 1. The summed E-state index contributed by atoms with van der Waals surface area (Å²) in [5.74, 6) is -2.18. The van der Waals surface area contributed by atoms with Gasteiger partial charge in [0.25, 0.3) is 0 Å². The van der Waals surface area contributed by atoms with E-state index in [9.17, 15) is 22.8 Å². The molecule has 2 rings (SSSR count). The Morgan fingerprint density at radius 1 is 1.09 bits per heavy atom. The molecule has 2 amide bonds. The van der Waals surface area contributed by atoms with Crippen LogP contribution in [-0.4, -0.2) is 54.0 Å².